The normalized spacial score (nSPS) is 26.2. The molecule has 0 bridgehead atoms. The van der Waals surface area contributed by atoms with Crippen molar-refractivity contribution in [3.05, 3.63) is 24.3 Å². The summed E-state index contributed by atoms with van der Waals surface area (Å²) in [5.74, 6) is 1.50. The van der Waals surface area contributed by atoms with E-state index >= 15 is 0 Å². The van der Waals surface area contributed by atoms with Gasteiger partial charge in [-0.3, -0.25) is 4.79 Å². The Kier molecular flexibility index (Phi) is 5.35. The van der Waals surface area contributed by atoms with Crippen LogP contribution in [0.3, 0.4) is 0 Å². The summed E-state index contributed by atoms with van der Waals surface area (Å²) >= 11 is 1.51. The van der Waals surface area contributed by atoms with Gasteiger partial charge in [-0.25, -0.2) is 0 Å². The molecule has 1 fully saturated rings. The van der Waals surface area contributed by atoms with Crippen molar-refractivity contribution in [3.8, 4) is 0 Å². The summed E-state index contributed by atoms with van der Waals surface area (Å²) in [6, 6.07) is 8.70. The molecule has 2 rings (SSSR count). The first kappa shape index (κ1) is 15.2. The molecule has 4 heteroatoms. The molecule has 1 saturated carbocycles. The van der Waals surface area contributed by atoms with Gasteiger partial charge < -0.3 is 11.1 Å². The van der Waals surface area contributed by atoms with Gasteiger partial charge in [-0.15, -0.1) is 11.8 Å². The van der Waals surface area contributed by atoms with E-state index < -0.39 is 0 Å². The molecule has 3 atom stereocenters. The maximum Gasteiger partial charge on any atom is 0.227 e. The van der Waals surface area contributed by atoms with Gasteiger partial charge in [0.1, 0.15) is 0 Å². The highest BCUT2D eigenvalue weighted by molar-refractivity contribution is 8.00. The van der Waals surface area contributed by atoms with Gasteiger partial charge in [0.05, 0.1) is 5.75 Å². The first-order chi connectivity index (χ1) is 9.58. The summed E-state index contributed by atoms with van der Waals surface area (Å²) < 4.78 is 0. The lowest BCUT2D eigenvalue weighted by Gasteiger charge is -2.35. The molecule has 1 aliphatic carbocycles. The van der Waals surface area contributed by atoms with Crippen LogP contribution in [-0.4, -0.2) is 17.7 Å². The van der Waals surface area contributed by atoms with Crippen molar-refractivity contribution < 1.29 is 4.79 Å². The lowest BCUT2D eigenvalue weighted by molar-refractivity contribution is -0.115. The number of hydrogen-bond acceptors (Lipinski definition) is 3. The fourth-order valence-corrected chi connectivity index (χ4v) is 3.60. The topological polar surface area (TPSA) is 55.1 Å². The zero-order valence-corrected chi connectivity index (χ0v) is 13.1. The number of carbonyl (C=O) groups is 1. The summed E-state index contributed by atoms with van der Waals surface area (Å²) in [6.45, 7) is 4.67. The van der Waals surface area contributed by atoms with Gasteiger partial charge in [0.15, 0.2) is 0 Å². The molecule has 0 spiro atoms. The van der Waals surface area contributed by atoms with Crippen LogP contribution in [0, 0.1) is 11.8 Å². The fourth-order valence-electron chi connectivity index (χ4n) is 2.85. The Morgan fingerprint density at radius 1 is 1.35 bits per heavy atom. The summed E-state index contributed by atoms with van der Waals surface area (Å²) in [4.78, 5) is 12.1. The van der Waals surface area contributed by atoms with Gasteiger partial charge in [0.2, 0.25) is 5.91 Å². The number of primary amides is 1. The highest BCUT2D eigenvalue weighted by Crippen LogP contribution is 2.34. The molecule has 3 N–H and O–H groups in total. The second-order valence-electron chi connectivity index (χ2n) is 5.77. The third-order valence-electron chi connectivity index (χ3n) is 4.30. The lowest BCUT2D eigenvalue weighted by Crippen LogP contribution is -2.35. The molecule has 3 unspecified atom stereocenters. The van der Waals surface area contributed by atoms with E-state index in [2.05, 4.69) is 25.2 Å². The van der Waals surface area contributed by atoms with Crippen LogP contribution in [0.15, 0.2) is 29.2 Å². The van der Waals surface area contributed by atoms with Gasteiger partial charge in [0, 0.05) is 16.6 Å². The van der Waals surface area contributed by atoms with Gasteiger partial charge in [-0.05, 0) is 30.4 Å². The number of nitrogens with one attached hydrogen (secondary N) is 1. The standard InChI is InChI=1S/C16H24N2OS/c1-11-6-5-8-13(12(11)2)18-14-7-3-4-9-15(14)20-10-16(17)19/h3-4,7,9,11-13,18H,5-6,8,10H2,1-2H3,(H2,17,19). The third kappa shape index (κ3) is 3.92. The molecule has 20 heavy (non-hydrogen) atoms. The number of thioether (sulfide) groups is 1. The largest absolute Gasteiger partial charge is 0.381 e. The minimum Gasteiger partial charge on any atom is -0.381 e. The van der Waals surface area contributed by atoms with E-state index in [1.165, 1.54) is 31.0 Å². The minimum absolute atomic E-state index is 0.274. The summed E-state index contributed by atoms with van der Waals surface area (Å²) in [7, 11) is 0. The first-order valence-electron chi connectivity index (χ1n) is 7.34. The van der Waals surface area contributed by atoms with Crippen molar-refractivity contribution in [2.45, 2.75) is 44.0 Å². The average Bonchev–Trinajstić information content (AvgIpc) is 2.43. The Morgan fingerprint density at radius 2 is 2.10 bits per heavy atom. The molecule has 1 aromatic carbocycles. The molecule has 1 aliphatic rings. The molecule has 1 aromatic rings. The molecule has 0 saturated heterocycles. The van der Waals surface area contributed by atoms with Crippen molar-refractivity contribution in [2.75, 3.05) is 11.1 Å². The second-order valence-corrected chi connectivity index (χ2v) is 6.79. The predicted octanol–water partition coefficient (Wildman–Crippen LogP) is 3.50. The smallest absolute Gasteiger partial charge is 0.227 e. The Labute approximate surface area is 125 Å². The number of amides is 1. The van der Waals surface area contributed by atoms with Gasteiger partial charge in [-0.1, -0.05) is 38.8 Å². The molecule has 0 aliphatic heterocycles. The number of benzene rings is 1. The zero-order chi connectivity index (χ0) is 14.5. The molecular weight excluding hydrogens is 268 g/mol. The number of para-hydroxylation sites is 1. The Hall–Kier alpha value is -1.16. The van der Waals surface area contributed by atoms with E-state index in [1.807, 2.05) is 18.2 Å². The van der Waals surface area contributed by atoms with Crippen molar-refractivity contribution in [1.29, 1.82) is 0 Å². The molecule has 0 aromatic heterocycles. The van der Waals surface area contributed by atoms with E-state index in [0.717, 1.165) is 16.5 Å². The van der Waals surface area contributed by atoms with Crippen LogP contribution in [0.5, 0.6) is 0 Å². The highest BCUT2D eigenvalue weighted by Gasteiger charge is 2.27. The monoisotopic (exact) mass is 292 g/mol. The SMILES string of the molecule is CC1CCCC(Nc2ccccc2SCC(N)=O)C1C. The van der Waals surface area contributed by atoms with Crippen molar-refractivity contribution in [3.63, 3.8) is 0 Å². The van der Waals surface area contributed by atoms with Crippen molar-refractivity contribution >= 4 is 23.4 Å². The Morgan fingerprint density at radius 3 is 2.85 bits per heavy atom. The van der Waals surface area contributed by atoms with E-state index in [-0.39, 0.29) is 5.91 Å². The predicted molar refractivity (Wildman–Crippen MR) is 86.0 cm³/mol. The van der Waals surface area contributed by atoms with Gasteiger partial charge >= 0.3 is 0 Å². The molecule has 0 heterocycles. The van der Waals surface area contributed by atoms with E-state index in [1.54, 1.807) is 0 Å². The van der Waals surface area contributed by atoms with Crippen LogP contribution in [0.25, 0.3) is 0 Å². The summed E-state index contributed by atoms with van der Waals surface area (Å²) in [5.41, 5.74) is 6.36. The molecule has 110 valence electrons. The van der Waals surface area contributed by atoms with E-state index in [9.17, 15) is 4.79 Å². The quantitative estimate of drug-likeness (QED) is 0.817. The Bertz CT molecular complexity index is 464. The number of anilines is 1. The van der Waals surface area contributed by atoms with E-state index in [0.29, 0.717) is 17.7 Å². The average molecular weight is 292 g/mol. The Balaban J connectivity index is 2.06. The van der Waals surface area contributed by atoms with Crippen LogP contribution in [0.2, 0.25) is 0 Å². The number of nitrogens with two attached hydrogens (primary N) is 1. The lowest BCUT2D eigenvalue weighted by atomic mass is 9.78. The fraction of sp³-hybridized carbons (Fsp3) is 0.562. The van der Waals surface area contributed by atoms with E-state index in [4.69, 9.17) is 5.73 Å². The van der Waals surface area contributed by atoms with Crippen LogP contribution >= 0.6 is 11.8 Å². The van der Waals surface area contributed by atoms with Crippen LogP contribution in [0.4, 0.5) is 5.69 Å². The van der Waals surface area contributed by atoms with Gasteiger partial charge in [0.25, 0.3) is 0 Å². The molecule has 3 nitrogen and oxygen atoms in total. The maximum absolute atomic E-state index is 10.9. The van der Waals surface area contributed by atoms with Crippen LogP contribution < -0.4 is 11.1 Å². The minimum atomic E-state index is -0.274. The third-order valence-corrected chi connectivity index (χ3v) is 5.40. The molecule has 0 radical (unpaired) electrons. The summed E-state index contributed by atoms with van der Waals surface area (Å²) in [5, 5.41) is 3.68. The number of carbonyl (C=O) groups excluding carboxylic acids is 1. The number of rotatable bonds is 5. The number of hydrogen-bond donors (Lipinski definition) is 2. The molecular formula is C16H24N2OS. The summed E-state index contributed by atoms with van der Waals surface area (Å²) in [6.07, 6.45) is 3.84. The van der Waals surface area contributed by atoms with Gasteiger partial charge in [-0.2, -0.15) is 0 Å². The van der Waals surface area contributed by atoms with Crippen LogP contribution in [-0.2, 0) is 4.79 Å². The van der Waals surface area contributed by atoms with Crippen LogP contribution in [0.1, 0.15) is 33.1 Å². The zero-order valence-electron chi connectivity index (χ0n) is 12.3. The second kappa shape index (κ2) is 7.02. The first-order valence-corrected chi connectivity index (χ1v) is 8.33. The van der Waals surface area contributed by atoms with Crippen molar-refractivity contribution in [1.82, 2.24) is 0 Å². The molecule has 1 amide bonds. The highest BCUT2D eigenvalue weighted by atomic mass is 32.2. The van der Waals surface area contributed by atoms with Crippen molar-refractivity contribution in [2.24, 2.45) is 17.6 Å². The maximum atomic E-state index is 10.9.